The van der Waals surface area contributed by atoms with E-state index in [-0.39, 0.29) is 25.6 Å². The van der Waals surface area contributed by atoms with Crippen LogP contribution in [0.4, 0.5) is 10.5 Å². The normalized spacial score (nSPS) is 13.4. The smallest absolute Gasteiger partial charge is 0.407 e. The number of carboxylic acids is 1. The van der Waals surface area contributed by atoms with Crippen molar-refractivity contribution in [3.63, 3.8) is 0 Å². The number of aliphatic carboxylic acids is 1. The second kappa shape index (κ2) is 13.1. The third-order valence-electron chi connectivity index (χ3n) is 7.30. The molecule has 0 saturated carbocycles. The van der Waals surface area contributed by atoms with E-state index in [2.05, 4.69) is 22.8 Å². The van der Waals surface area contributed by atoms with Crippen molar-refractivity contribution in [2.75, 3.05) is 11.9 Å². The lowest BCUT2D eigenvalue weighted by Crippen LogP contribution is -2.51. The molecule has 2 atom stereocenters. The van der Waals surface area contributed by atoms with Gasteiger partial charge in [0.2, 0.25) is 5.91 Å². The molecule has 8 nitrogen and oxygen atoms in total. The highest BCUT2D eigenvalue weighted by molar-refractivity contribution is 5.97. The second-order valence-corrected chi connectivity index (χ2v) is 10.2. The number of hydrogen-bond donors (Lipinski definition) is 3. The Morgan fingerprint density at radius 2 is 1.38 bits per heavy atom. The van der Waals surface area contributed by atoms with Crippen LogP contribution in [0, 0.1) is 0 Å². The van der Waals surface area contributed by atoms with Crippen molar-refractivity contribution in [1.29, 1.82) is 0 Å². The van der Waals surface area contributed by atoms with Crippen molar-refractivity contribution in [3.05, 3.63) is 125 Å². The fourth-order valence-electron chi connectivity index (χ4n) is 5.16. The van der Waals surface area contributed by atoms with Crippen LogP contribution in [-0.2, 0) is 32.1 Å². The number of alkyl carbamates (subject to hydrolysis) is 1. The number of carbonyl (C=O) groups is 3. The molecule has 0 bridgehead atoms. The molecule has 42 heavy (non-hydrogen) atoms. The lowest BCUT2D eigenvalue weighted by molar-refractivity contribution is -0.136. The molecule has 0 radical (unpaired) electrons. The van der Waals surface area contributed by atoms with Gasteiger partial charge in [-0.15, -0.1) is 0 Å². The molecule has 0 aliphatic heterocycles. The Bertz CT molecular complexity index is 1510. The van der Waals surface area contributed by atoms with Crippen LogP contribution in [0.5, 0.6) is 0 Å². The van der Waals surface area contributed by atoms with Gasteiger partial charge in [0, 0.05) is 11.6 Å². The maximum absolute atomic E-state index is 13.4. The van der Waals surface area contributed by atoms with E-state index < -0.39 is 30.1 Å². The maximum atomic E-state index is 13.4. The highest BCUT2D eigenvalue weighted by Crippen LogP contribution is 2.44. The van der Waals surface area contributed by atoms with E-state index in [9.17, 15) is 14.4 Å². The Morgan fingerprint density at radius 1 is 0.786 bits per heavy atom. The molecule has 1 aliphatic rings. The molecule has 0 fully saturated rings. The number of carboxylic acid groups (broad SMARTS) is 1. The van der Waals surface area contributed by atoms with Crippen molar-refractivity contribution >= 4 is 23.7 Å². The number of benzene rings is 4. The van der Waals surface area contributed by atoms with Gasteiger partial charge in [-0.2, -0.15) is 0 Å². The van der Waals surface area contributed by atoms with Crippen LogP contribution >= 0.6 is 0 Å². The van der Waals surface area contributed by atoms with Gasteiger partial charge in [0.1, 0.15) is 12.6 Å². The SMILES string of the molecule is CC(OCc1ccccc1)C(NC(=O)OCC1c2ccccc2-c2ccccc21)C(=O)Nc1ccc(CC(=O)O)cc1. The maximum Gasteiger partial charge on any atom is 0.407 e. The summed E-state index contributed by atoms with van der Waals surface area (Å²) in [6, 6.07) is 31.1. The Labute approximate surface area is 244 Å². The van der Waals surface area contributed by atoms with Crippen LogP contribution in [-0.4, -0.2) is 41.8 Å². The number of rotatable bonds is 11. The van der Waals surface area contributed by atoms with Gasteiger partial charge in [-0.1, -0.05) is 91.0 Å². The van der Waals surface area contributed by atoms with Gasteiger partial charge < -0.3 is 25.2 Å². The molecule has 4 aromatic rings. The zero-order valence-electron chi connectivity index (χ0n) is 23.2. The lowest BCUT2D eigenvalue weighted by Gasteiger charge is -2.25. The van der Waals surface area contributed by atoms with E-state index in [4.69, 9.17) is 14.6 Å². The van der Waals surface area contributed by atoms with Crippen LogP contribution in [0.15, 0.2) is 103 Å². The molecule has 0 spiro atoms. The molecule has 214 valence electrons. The van der Waals surface area contributed by atoms with Gasteiger partial charge in [0.05, 0.1) is 19.1 Å². The number of hydrogen-bond acceptors (Lipinski definition) is 5. The average Bonchev–Trinajstić information content (AvgIpc) is 3.32. The fourth-order valence-corrected chi connectivity index (χ4v) is 5.16. The van der Waals surface area contributed by atoms with Crippen molar-refractivity contribution in [1.82, 2.24) is 5.32 Å². The average molecular weight is 565 g/mol. The molecule has 3 N–H and O–H groups in total. The van der Waals surface area contributed by atoms with Crippen LogP contribution in [0.2, 0.25) is 0 Å². The molecule has 2 amide bonds. The molecule has 0 saturated heterocycles. The summed E-state index contributed by atoms with van der Waals surface area (Å²) in [5.41, 5.74) is 6.42. The number of anilines is 1. The highest BCUT2D eigenvalue weighted by atomic mass is 16.5. The predicted octanol–water partition coefficient (Wildman–Crippen LogP) is 5.76. The molecule has 0 aromatic heterocycles. The first-order valence-electron chi connectivity index (χ1n) is 13.8. The molecular formula is C34H32N2O6. The van der Waals surface area contributed by atoms with Gasteiger partial charge in [0.25, 0.3) is 0 Å². The van der Waals surface area contributed by atoms with Gasteiger partial charge >= 0.3 is 12.1 Å². The van der Waals surface area contributed by atoms with Gasteiger partial charge in [-0.25, -0.2) is 4.79 Å². The monoisotopic (exact) mass is 564 g/mol. The standard InChI is InChI=1S/C34H32N2O6/c1-22(41-20-24-9-3-2-4-10-24)32(33(39)35-25-17-15-23(16-18-25)19-31(37)38)36-34(40)42-21-30-28-13-7-5-11-26(28)27-12-6-8-14-29(27)30/h2-18,22,30,32H,19-21H2,1H3,(H,35,39)(H,36,40)(H,37,38). The summed E-state index contributed by atoms with van der Waals surface area (Å²) in [5.74, 6) is -1.55. The first kappa shape index (κ1) is 28.6. The van der Waals surface area contributed by atoms with Crippen molar-refractivity contribution in [3.8, 4) is 11.1 Å². The quantitative estimate of drug-likeness (QED) is 0.213. The Kier molecular flexibility index (Phi) is 8.94. The summed E-state index contributed by atoms with van der Waals surface area (Å²) in [6.07, 6.45) is -1.55. The van der Waals surface area contributed by atoms with E-state index in [0.29, 0.717) is 11.3 Å². The molecule has 2 unspecified atom stereocenters. The molecular weight excluding hydrogens is 532 g/mol. The minimum Gasteiger partial charge on any atom is -0.481 e. The van der Waals surface area contributed by atoms with E-state index >= 15 is 0 Å². The minimum absolute atomic E-state index is 0.110. The van der Waals surface area contributed by atoms with Crippen LogP contribution in [0.25, 0.3) is 11.1 Å². The molecule has 1 aliphatic carbocycles. The van der Waals surface area contributed by atoms with Crippen molar-refractivity contribution in [2.45, 2.75) is 38.0 Å². The second-order valence-electron chi connectivity index (χ2n) is 10.2. The first-order chi connectivity index (χ1) is 20.4. The summed E-state index contributed by atoms with van der Waals surface area (Å²) in [5, 5.41) is 14.5. The van der Waals surface area contributed by atoms with Crippen LogP contribution in [0.1, 0.15) is 35.1 Å². The van der Waals surface area contributed by atoms with E-state index in [1.54, 1.807) is 31.2 Å². The zero-order chi connectivity index (χ0) is 29.5. The zero-order valence-corrected chi connectivity index (χ0v) is 23.2. The predicted molar refractivity (Wildman–Crippen MR) is 159 cm³/mol. The van der Waals surface area contributed by atoms with Crippen molar-refractivity contribution < 1.29 is 29.0 Å². The number of fused-ring (bicyclic) bond motifs is 3. The van der Waals surface area contributed by atoms with Crippen LogP contribution < -0.4 is 10.6 Å². The largest absolute Gasteiger partial charge is 0.481 e. The molecule has 5 rings (SSSR count). The number of amides is 2. The third kappa shape index (κ3) is 6.85. The van der Waals surface area contributed by atoms with E-state index in [1.165, 1.54) is 0 Å². The molecule has 0 heterocycles. The summed E-state index contributed by atoms with van der Waals surface area (Å²) in [6.45, 7) is 2.08. The van der Waals surface area contributed by atoms with E-state index in [0.717, 1.165) is 27.8 Å². The lowest BCUT2D eigenvalue weighted by atomic mass is 9.98. The van der Waals surface area contributed by atoms with Crippen molar-refractivity contribution in [2.24, 2.45) is 0 Å². The fraction of sp³-hybridized carbons (Fsp3) is 0.206. The summed E-state index contributed by atoms with van der Waals surface area (Å²) >= 11 is 0. The summed E-state index contributed by atoms with van der Waals surface area (Å²) in [4.78, 5) is 37.5. The number of nitrogens with one attached hydrogen (secondary N) is 2. The van der Waals surface area contributed by atoms with Gasteiger partial charge in [0.15, 0.2) is 0 Å². The van der Waals surface area contributed by atoms with Gasteiger partial charge in [-0.3, -0.25) is 9.59 Å². The Morgan fingerprint density at radius 3 is 2.00 bits per heavy atom. The first-order valence-corrected chi connectivity index (χ1v) is 13.8. The third-order valence-corrected chi connectivity index (χ3v) is 7.30. The molecule has 4 aromatic carbocycles. The van der Waals surface area contributed by atoms with Gasteiger partial charge in [-0.05, 0) is 52.4 Å². The molecule has 8 heteroatoms. The number of carbonyl (C=O) groups excluding carboxylic acids is 2. The van der Waals surface area contributed by atoms with E-state index in [1.807, 2.05) is 66.7 Å². The number of ether oxygens (including phenoxy) is 2. The highest BCUT2D eigenvalue weighted by Gasteiger charge is 2.31. The Balaban J connectivity index is 1.27. The topological polar surface area (TPSA) is 114 Å². The Hall–Kier alpha value is -4.95. The summed E-state index contributed by atoms with van der Waals surface area (Å²) < 4.78 is 11.7. The van der Waals surface area contributed by atoms with Crippen LogP contribution in [0.3, 0.4) is 0 Å². The summed E-state index contributed by atoms with van der Waals surface area (Å²) in [7, 11) is 0. The minimum atomic E-state index is -1.07.